The lowest BCUT2D eigenvalue weighted by atomic mass is 9.94. The maximum atomic E-state index is 4.56. The molecule has 2 heterocycles. The van der Waals surface area contributed by atoms with Crippen molar-refractivity contribution < 1.29 is 0 Å². The summed E-state index contributed by atoms with van der Waals surface area (Å²) in [5.41, 5.74) is 0. The largest absolute Gasteiger partial charge is 0.317 e. The molecule has 16 heavy (non-hydrogen) atoms. The molecule has 1 saturated heterocycles. The van der Waals surface area contributed by atoms with Crippen molar-refractivity contribution >= 4 is 0 Å². The van der Waals surface area contributed by atoms with Crippen molar-refractivity contribution in [2.24, 2.45) is 11.8 Å². The lowest BCUT2D eigenvalue weighted by Gasteiger charge is -2.20. The smallest absolute Gasteiger partial charge is 0.150 e. The predicted molar refractivity (Wildman–Crippen MR) is 64.2 cm³/mol. The van der Waals surface area contributed by atoms with Crippen molar-refractivity contribution in [1.82, 2.24) is 20.5 Å². The van der Waals surface area contributed by atoms with E-state index in [-0.39, 0.29) is 0 Å². The standard InChI is InChI=1S/C12H22N4/c1-9(2)7-11-14-12(16-15-11)8-10-3-5-13-6-4-10/h9-10,13H,3-8H2,1-2H3,(H,14,15,16). The molecule has 0 spiro atoms. The Hall–Kier alpha value is -0.900. The molecule has 0 atom stereocenters. The second-order valence-electron chi connectivity index (χ2n) is 5.19. The third kappa shape index (κ3) is 3.30. The van der Waals surface area contributed by atoms with Crippen molar-refractivity contribution in [2.75, 3.05) is 13.1 Å². The first-order valence-corrected chi connectivity index (χ1v) is 6.35. The van der Waals surface area contributed by atoms with Gasteiger partial charge in [-0.3, -0.25) is 5.10 Å². The van der Waals surface area contributed by atoms with E-state index in [2.05, 4.69) is 34.3 Å². The Kier molecular flexibility index (Phi) is 3.93. The first-order valence-electron chi connectivity index (χ1n) is 6.35. The van der Waals surface area contributed by atoms with Crippen molar-refractivity contribution in [3.63, 3.8) is 0 Å². The van der Waals surface area contributed by atoms with Crippen LogP contribution in [0.2, 0.25) is 0 Å². The lowest BCUT2D eigenvalue weighted by Crippen LogP contribution is -2.28. The van der Waals surface area contributed by atoms with Crippen LogP contribution < -0.4 is 5.32 Å². The lowest BCUT2D eigenvalue weighted by molar-refractivity contribution is 0.367. The summed E-state index contributed by atoms with van der Waals surface area (Å²) < 4.78 is 0. The highest BCUT2D eigenvalue weighted by molar-refractivity contribution is 4.93. The van der Waals surface area contributed by atoms with Crippen molar-refractivity contribution in [3.8, 4) is 0 Å². The zero-order chi connectivity index (χ0) is 11.4. The number of piperidine rings is 1. The van der Waals surface area contributed by atoms with Gasteiger partial charge in [0.1, 0.15) is 5.82 Å². The fourth-order valence-corrected chi connectivity index (χ4v) is 2.25. The van der Waals surface area contributed by atoms with E-state index in [1.54, 1.807) is 0 Å². The minimum atomic E-state index is 0.639. The van der Waals surface area contributed by atoms with E-state index < -0.39 is 0 Å². The Morgan fingerprint density at radius 2 is 2.06 bits per heavy atom. The average molecular weight is 222 g/mol. The molecule has 1 aromatic heterocycles. The minimum Gasteiger partial charge on any atom is -0.317 e. The van der Waals surface area contributed by atoms with Crippen LogP contribution >= 0.6 is 0 Å². The van der Waals surface area contributed by atoms with Gasteiger partial charge in [-0.25, -0.2) is 4.98 Å². The molecule has 2 rings (SSSR count). The first-order chi connectivity index (χ1) is 7.74. The number of hydrogen-bond donors (Lipinski definition) is 2. The summed E-state index contributed by atoms with van der Waals surface area (Å²) in [6.45, 7) is 6.70. The minimum absolute atomic E-state index is 0.639. The van der Waals surface area contributed by atoms with Gasteiger partial charge in [-0.2, -0.15) is 5.10 Å². The number of rotatable bonds is 4. The topological polar surface area (TPSA) is 53.6 Å². The second kappa shape index (κ2) is 5.43. The van der Waals surface area contributed by atoms with Gasteiger partial charge in [0.2, 0.25) is 0 Å². The van der Waals surface area contributed by atoms with Gasteiger partial charge in [0, 0.05) is 12.8 Å². The second-order valence-corrected chi connectivity index (χ2v) is 5.19. The van der Waals surface area contributed by atoms with Gasteiger partial charge in [0.15, 0.2) is 5.82 Å². The van der Waals surface area contributed by atoms with Crippen molar-refractivity contribution in [1.29, 1.82) is 0 Å². The van der Waals surface area contributed by atoms with Gasteiger partial charge in [-0.1, -0.05) is 13.8 Å². The van der Waals surface area contributed by atoms with Crippen LogP contribution in [0.4, 0.5) is 0 Å². The highest BCUT2D eigenvalue weighted by atomic mass is 15.2. The highest BCUT2D eigenvalue weighted by Gasteiger charge is 2.16. The van der Waals surface area contributed by atoms with Crippen molar-refractivity contribution in [3.05, 3.63) is 11.6 Å². The summed E-state index contributed by atoms with van der Waals surface area (Å²) in [6.07, 6.45) is 4.55. The molecule has 1 aromatic rings. The van der Waals surface area contributed by atoms with E-state index in [0.717, 1.165) is 43.5 Å². The molecule has 4 nitrogen and oxygen atoms in total. The molecule has 1 aliphatic heterocycles. The predicted octanol–water partition coefficient (Wildman–Crippen LogP) is 1.55. The number of nitrogens with one attached hydrogen (secondary N) is 2. The summed E-state index contributed by atoms with van der Waals surface area (Å²) in [5, 5.41) is 10.7. The molecule has 2 N–H and O–H groups in total. The van der Waals surface area contributed by atoms with Crippen molar-refractivity contribution in [2.45, 2.75) is 39.5 Å². The molecule has 0 unspecified atom stereocenters. The molecule has 0 saturated carbocycles. The van der Waals surface area contributed by atoms with Crippen LogP contribution in [0.1, 0.15) is 38.3 Å². The van der Waals surface area contributed by atoms with E-state index in [1.807, 2.05) is 0 Å². The molecular weight excluding hydrogens is 200 g/mol. The van der Waals surface area contributed by atoms with Crippen LogP contribution in [-0.2, 0) is 12.8 Å². The summed E-state index contributed by atoms with van der Waals surface area (Å²) in [4.78, 5) is 4.56. The Bertz CT molecular complexity index is 313. The molecule has 0 aliphatic carbocycles. The molecule has 4 heteroatoms. The average Bonchev–Trinajstić information content (AvgIpc) is 2.66. The maximum Gasteiger partial charge on any atom is 0.150 e. The van der Waals surface area contributed by atoms with Crippen LogP contribution in [0.5, 0.6) is 0 Å². The quantitative estimate of drug-likeness (QED) is 0.812. The van der Waals surface area contributed by atoms with Crippen LogP contribution in [0.3, 0.4) is 0 Å². The monoisotopic (exact) mass is 222 g/mol. The van der Waals surface area contributed by atoms with E-state index in [1.165, 1.54) is 12.8 Å². The fraction of sp³-hybridized carbons (Fsp3) is 0.833. The zero-order valence-electron chi connectivity index (χ0n) is 10.3. The summed E-state index contributed by atoms with van der Waals surface area (Å²) >= 11 is 0. The zero-order valence-corrected chi connectivity index (χ0v) is 10.3. The maximum absolute atomic E-state index is 4.56. The molecular formula is C12H22N4. The molecule has 1 fully saturated rings. The number of H-pyrrole nitrogens is 1. The molecule has 0 bridgehead atoms. The molecule has 0 radical (unpaired) electrons. The van der Waals surface area contributed by atoms with Crippen LogP contribution in [0, 0.1) is 11.8 Å². The first kappa shape index (κ1) is 11.6. The Morgan fingerprint density at radius 3 is 2.75 bits per heavy atom. The summed E-state index contributed by atoms with van der Waals surface area (Å²) in [6, 6.07) is 0. The normalized spacial score (nSPS) is 18.2. The molecule has 0 amide bonds. The van der Waals surface area contributed by atoms with Gasteiger partial charge >= 0.3 is 0 Å². The van der Waals surface area contributed by atoms with Gasteiger partial charge in [-0.05, 0) is 37.8 Å². The third-order valence-electron chi connectivity index (χ3n) is 3.11. The summed E-state index contributed by atoms with van der Waals surface area (Å²) in [7, 11) is 0. The van der Waals surface area contributed by atoms with Crippen LogP contribution in [0.15, 0.2) is 0 Å². The van der Waals surface area contributed by atoms with Crippen LogP contribution in [-0.4, -0.2) is 28.3 Å². The Labute approximate surface area is 97.2 Å². The fourth-order valence-electron chi connectivity index (χ4n) is 2.25. The van der Waals surface area contributed by atoms with Gasteiger partial charge in [0.05, 0.1) is 0 Å². The number of aromatic amines is 1. The Morgan fingerprint density at radius 1 is 1.31 bits per heavy atom. The van der Waals surface area contributed by atoms with Gasteiger partial charge < -0.3 is 5.32 Å². The van der Waals surface area contributed by atoms with Gasteiger partial charge in [-0.15, -0.1) is 0 Å². The van der Waals surface area contributed by atoms with Gasteiger partial charge in [0.25, 0.3) is 0 Å². The number of hydrogen-bond acceptors (Lipinski definition) is 3. The van der Waals surface area contributed by atoms with E-state index in [4.69, 9.17) is 0 Å². The van der Waals surface area contributed by atoms with E-state index >= 15 is 0 Å². The van der Waals surface area contributed by atoms with Crippen LogP contribution in [0.25, 0.3) is 0 Å². The molecule has 0 aromatic carbocycles. The SMILES string of the molecule is CC(C)Cc1nc(CC2CCNCC2)n[nH]1. The number of aromatic nitrogens is 3. The third-order valence-corrected chi connectivity index (χ3v) is 3.11. The molecule has 90 valence electrons. The van der Waals surface area contributed by atoms with E-state index in [9.17, 15) is 0 Å². The number of nitrogens with zero attached hydrogens (tertiary/aromatic N) is 2. The summed E-state index contributed by atoms with van der Waals surface area (Å²) in [5.74, 6) is 3.45. The molecule has 1 aliphatic rings. The highest BCUT2D eigenvalue weighted by Crippen LogP contribution is 2.16. The van der Waals surface area contributed by atoms with E-state index in [0.29, 0.717) is 5.92 Å². The Balaban J connectivity index is 1.86.